The molecule has 1 aromatic heterocycles. The Bertz CT molecular complexity index is 1180. The first kappa shape index (κ1) is 26.8. The van der Waals surface area contributed by atoms with E-state index in [2.05, 4.69) is 20.6 Å². The van der Waals surface area contributed by atoms with Gasteiger partial charge < -0.3 is 20.4 Å². The lowest BCUT2D eigenvalue weighted by molar-refractivity contribution is -0.134. The van der Waals surface area contributed by atoms with Crippen molar-refractivity contribution in [3.8, 4) is 5.69 Å². The summed E-state index contributed by atoms with van der Waals surface area (Å²) in [5.41, 5.74) is 2.42. The van der Waals surface area contributed by atoms with Crippen molar-refractivity contribution >= 4 is 24.2 Å². The number of nitrogens with one attached hydrogen (secondary N) is 2. The Morgan fingerprint density at radius 2 is 1.76 bits per heavy atom. The molecule has 1 aliphatic carbocycles. The third kappa shape index (κ3) is 6.54. The second-order valence-electron chi connectivity index (χ2n) is 9.56. The number of amides is 2. The molecule has 2 aromatic carbocycles. The lowest BCUT2D eigenvalue weighted by Crippen LogP contribution is -2.57. The molecule has 0 bridgehead atoms. The Morgan fingerprint density at radius 3 is 2.41 bits per heavy atom. The van der Waals surface area contributed by atoms with Crippen LogP contribution in [0.15, 0.2) is 67.0 Å². The Kier molecular flexibility index (Phi) is 8.58. The highest BCUT2D eigenvalue weighted by Gasteiger charge is 2.39. The van der Waals surface area contributed by atoms with Crippen molar-refractivity contribution in [3.63, 3.8) is 0 Å². The van der Waals surface area contributed by atoms with E-state index in [1.807, 2.05) is 48.5 Å². The lowest BCUT2D eigenvalue weighted by atomic mass is 10.1. The minimum absolute atomic E-state index is 0. The lowest BCUT2D eigenvalue weighted by Gasteiger charge is -2.35. The summed E-state index contributed by atoms with van der Waals surface area (Å²) in [6, 6.07) is 15.1. The van der Waals surface area contributed by atoms with Gasteiger partial charge in [0.2, 0.25) is 5.91 Å². The van der Waals surface area contributed by atoms with Crippen LogP contribution in [0, 0.1) is 5.82 Å². The van der Waals surface area contributed by atoms with Crippen molar-refractivity contribution in [1.82, 2.24) is 30.2 Å². The molecule has 2 amide bonds. The number of nitrogens with zero attached hydrogens (tertiary/aromatic N) is 4. The van der Waals surface area contributed by atoms with Gasteiger partial charge in [-0.1, -0.05) is 12.1 Å². The highest BCUT2D eigenvalue weighted by Crippen LogP contribution is 2.40. The van der Waals surface area contributed by atoms with Crippen LogP contribution in [-0.2, 0) is 4.79 Å². The molecular weight excluding hydrogens is 495 g/mol. The van der Waals surface area contributed by atoms with E-state index in [9.17, 15) is 14.0 Å². The van der Waals surface area contributed by atoms with E-state index >= 15 is 0 Å². The number of likely N-dealkylation sites (N-methyl/N-ethyl adjacent to an activating group) is 1. The van der Waals surface area contributed by atoms with Crippen molar-refractivity contribution in [2.75, 3.05) is 39.8 Å². The van der Waals surface area contributed by atoms with Crippen molar-refractivity contribution in [3.05, 3.63) is 83.9 Å². The SMILES string of the molecule is CN1CCN(C(=O)C(CN[C@@H]2C[C@H]2c2ccc(F)cc2)NC(=O)c2ccc(-n3cccn3)cc2)CC1.Cl. The molecule has 2 N–H and O–H groups in total. The van der Waals surface area contributed by atoms with E-state index in [1.54, 1.807) is 23.0 Å². The summed E-state index contributed by atoms with van der Waals surface area (Å²) >= 11 is 0. The van der Waals surface area contributed by atoms with E-state index in [-0.39, 0.29) is 42.0 Å². The molecule has 2 fully saturated rings. The molecule has 3 aromatic rings. The summed E-state index contributed by atoms with van der Waals surface area (Å²) in [6.07, 6.45) is 4.45. The van der Waals surface area contributed by atoms with Crippen LogP contribution in [0.1, 0.15) is 28.3 Å². The largest absolute Gasteiger partial charge is 0.339 e. The fourth-order valence-electron chi connectivity index (χ4n) is 4.64. The summed E-state index contributed by atoms with van der Waals surface area (Å²) < 4.78 is 15.0. The second kappa shape index (κ2) is 11.9. The number of benzene rings is 2. The Hall–Kier alpha value is -3.27. The van der Waals surface area contributed by atoms with Crippen molar-refractivity contribution < 1.29 is 14.0 Å². The molecular formula is C27H32ClFN6O2. The number of rotatable bonds is 8. The number of aromatic nitrogens is 2. The zero-order valence-corrected chi connectivity index (χ0v) is 21.5. The van der Waals surface area contributed by atoms with Crippen LogP contribution in [0.3, 0.4) is 0 Å². The third-order valence-electron chi connectivity index (χ3n) is 6.99. The van der Waals surface area contributed by atoms with Gasteiger partial charge in [0.05, 0.1) is 5.69 Å². The van der Waals surface area contributed by atoms with Crippen LogP contribution < -0.4 is 10.6 Å². The van der Waals surface area contributed by atoms with E-state index in [0.29, 0.717) is 25.2 Å². The molecule has 10 heteroatoms. The summed E-state index contributed by atoms with van der Waals surface area (Å²) in [5, 5.41) is 10.6. The average molecular weight is 527 g/mol. The van der Waals surface area contributed by atoms with Crippen LogP contribution in [0.4, 0.5) is 4.39 Å². The fourth-order valence-corrected chi connectivity index (χ4v) is 4.64. The summed E-state index contributed by atoms with van der Waals surface area (Å²) in [4.78, 5) is 30.5. The second-order valence-corrected chi connectivity index (χ2v) is 9.56. The van der Waals surface area contributed by atoms with Crippen LogP contribution >= 0.6 is 12.4 Å². The molecule has 37 heavy (non-hydrogen) atoms. The van der Waals surface area contributed by atoms with Gasteiger partial charge in [-0.2, -0.15) is 5.10 Å². The molecule has 2 heterocycles. The van der Waals surface area contributed by atoms with Crippen molar-refractivity contribution in [2.24, 2.45) is 0 Å². The van der Waals surface area contributed by atoms with Gasteiger partial charge in [0, 0.05) is 62.6 Å². The van der Waals surface area contributed by atoms with E-state index in [4.69, 9.17) is 0 Å². The number of carbonyl (C=O) groups is 2. The summed E-state index contributed by atoms with van der Waals surface area (Å²) in [6.45, 7) is 3.24. The van der Waals surface area contributed by atoms with Gasteiger partial charge in [0.25, 0.3) is 5.91 Å². The fraction of sp³-hybridized carbons (Fsp3) is 0.370. The van der Waals surface area contributed by atoms with Crippen molar-refractivity contribution in [2.45, 2.75) is 24.4 Å². The van der Waals surface area contributed by atoms with Gasteiger partial charge in [0.1, 0.15) is 11.9 Å². The number of carbonyl (C=O) groups excluding carboxylic acids is 2. The normalized spacial score (nSPS) is 20.1. The predicted octanol–water partition coefficient (Wildman–Crippen LogP) is 2.45. The minimum atomic E-state index is -0.679. The monoisotopic (exact) mass is 526 g/mol. The zero-order chi connectivity index (χ0) is 25.1. The van der Waals surface area contributed by atoms with Gasteiger partial charge in [0.15, 0.2) is 0 Å². The van der Waals surface area contributed by atoms with Crippen LogP contribution in [0.5, 0.6) is 0 Å². The van der Waals surface area contributed by atoms with E-state index < -0.39 is 6.04 Å². The molecule has 1 aliphatic heterocycles. The molecule has 0 radical (unpaired) electrons. The molecule has 5 rings (SSSR count). The van der Waals surface area contributed by atoms with Gasteiger partial charge in [-0.15, -0.1) is 12.4 Å². The maximum absolute atomic E-state index is 13.4. The third-order valence-corrected chi connectivity index (χ3v) is 6.99. The smallest absolute Gasteiger partial charge is 0.251 e. The number of hydrogen-bond donors (Lipinski definition) is 2. The first-order chi connectivity index (χ1) is 17.5. The quantitative estimate of drug-likeness (QED) is 0.471. The first-order valence-electron chi connectivity index (χ1n) is 12.3. The van der Waals surface area contributed by atoms with E-state index in [1.165, 1.54) is 12.1 Å². The molecule has 1 saturated heterocycles. The molecule has 8 nitrogen and oxygen atoms in total. The summed E-state index contributed by atoms with van der Waals surface area (Å²) in [7, 11) is 2.04. The summed E-state index contributed by atoms with van der Waals surface area (Å²) in [5.74, 6) is -0.323. The minimum Gasteiger partial charge on any atom is -0.339 e. The molecule has 3 atom stereocenters. The molecule has 2 aliphatic rings. The number of halogens is 2. The van der Waals surface area contributed by atoms with Crippen LogP contribution in [0.2, 0.25) is 0 Å². The maximum atomic E-state index is 13.4. The van der Waals surface area contributed by atoms with Gasteiger partial charge in [-0.25, -0.2) is 9.07 Å². The zero-order valence-electron chi connectivity index (χ0n) is 20.7. The topological polar surface area (TPSA) is 82.5 Å². The van der Waals surface area contributed by atoms with Gasteiger partial charge in [-0.05, 0) is 61.5 Å². The Labute approximate surface area is 222 Å². The Balaban J connectivity index is 0.00000320. The first-order valence-corrected chi connectivity index (χ1v) is 12.3. The predicted molar refractivity (Wildman–Crippen MR) is 142 cm³/mol. The maximum Gasteiger partial charge on any atom is 0.251 e. The average Bonchev–Trinajstić information content (AvgIpc) is 3.46. The van der Waals surface area contributed by atoms with Crippen LogP contribution in [-0.4, -0.2) is 83.2 Å². The number of piperazine rings is 1. The Morgan fingerprint density at radius 1 is 1.05 bits per heavy atom. The van der Waals surface area contributed by atoms with Gasteiger partial charge in [-0.3, -0.25) is 9.59 Å². The molecule has 1 saturated carbocycles. The highest BCUT2D eigenvalue weighted by atomic mass is 35.5. The van der Waals surface area contributed by atoms with Gasteiger partial charge >= 0.3 is 0 Å². The van der Waals surface area contributed by atoms with Crippen LogP contribution in [0.25, 0.3) is 5.69 Å². The van der Waals surface area contributed by atoms with E-state index in [0.717, 1.165) is 30.8 Å². The standard InChI is InChI=1S/C27H31FN6O2.ClH/c1-32-13-15-33(16-14-32)27(36)25(18-29-24-17-23(24)19-3-7-21(28)8-4-19)31-26(35)20-5-9-22(10-6-20)34-12-2-11-30-34;/h2-12,23-25,29H,13-18H2,1H3,(H,31,35);1H/t23-,24+,25?;/m0./s1. The molecule has 0 spiro atoms. The van der Waals surface area contributed by atoms with Crippen molar-refractivity contribution in [1.29, 1.82) is 0 Å². The molecule has 196 valence electrons. The number of hydrogen-bond acceptors (Lipinski definition) is 5. The molecule has 1 unspecified atom stereocenters. The highest BCUT2D eigenvalue weighted by molar-refractivity contribution is 5.97.